The van der Waals surface area contributed by atoms with Crippen LogP contribution in [-0.4, -0.2) is 4.57 Å². The van der Waals surface area contributed by atoms with Gasteiger partial charge in [-0.25, -0.2) is 0 Å². The third-order valence-electron chi connectivity index (χ3n) is 16.1. The standard InChI is InChI=1S/C78H71N3/c1-75(2,3)68-28-18-13-23-61(68)57-40-54(41-58(44-57)62-24-14-19-29-69(62)76(4,5)6)52-33-35-73-66(46-52)67-47-53(34-36-74(67)81(73)72-32-22-17-27-65(72)56-38-50(48-79)37-51(39-56)49-80)55-42-59(63-25-15-20-30-70(63)77(7,8)9)45-60(43-55)64-26-16-21-31-71(64)78(10,11)12/h13-47H,1-12H3. The van der Waals surface area contributed by atoms with E-state index in [1.807, 2.05) is 18.2 Å². The Kier molecular flexibility index (Phi) is 13.7. The zero-order valence-corrected chi connectivity index (χ0v) is 49.0. The Morgan fingerprint density at radius 2 is 0.556 bits per heavy atom. The van der Waals surface area contributed by atoms with Crippen molar-refractivity contribution in [2.45, 2.75) is 105 Å². The molecule has 0 aliphatic rings. The van der Waals surface area contributed by atoms with Gasteiger partial charge in [0.25, 0.3) is 0 Å². The van der Waals surface area contributed by atoms with Gasteiger partial charge >= 0.3 is 0 Å². The normalized spacial score (nSPS) is 12.2. The van der Waals surface area contributed by atoms with Gasteiger partial charge in [-0.2, -0.15) is 10.5 Å². The molecule has 0 unspecified atom stereocenters. The van der Waals surface area contributed by atoms with Crippen molar-refractivity contribution >= 4 is 21.8 Å². The van der Waals surface area contributed by atoms with E-state index >= 15 is 0 Å². The fourth-order valence-electron chi connectivity index (χ4n) is 12.2. The molecule has 1 aromatic heterocycles. The largest absolute Gasteiger partial charge is 0.309 e. The van der Waals surface area contributed by atoms with E-state index in [0.29, 0.717) is 11.1 Å². The van der Waals surface area contributed by atoms with E-state index in [-0.39, 0.29) is 21.7 Å². The van der Waals surface area contributed by atoms with Crippen molar-refractivity contribution in [3.63, 3.8) is 0 Å². The summed E-state index contributed by atoms with van der Waals surface area (Å²) >= 11 is 0. The number of rotatable bonds is 8. The molecule has 0 saturated carbocycles. The monoisotopic (exact) mass is 1050 g/mol. The molecular weight excluding hydrogens is 979 g/mol. The summed E-state index contributed by atoms with van der Waals surface area (Å²) in [7, 11) is 0. The molecular formula is C78H71N3. The smallest absolute Gasteiger partial charge is 0.0992 e. The van der Waals surface area contributed by atoms with Gasteiger partial charge in [-0.3, -0.25) is 0 Å². The highest BCUT2D eigenvalue weighted by Crippen LogP contribution is 2.46. The van der Waals surface area contributed by atoms with Crippen LogP contribution in [0.15, 0.2) is 212 Å². The molecule has 11 aromatic rings. The number of benzene rings is 10. The molecule has 3 heteroatoms. The van der Waals surface area contributed by atoms with E-state index in [0.717, 1.165) is 60.9 Å². The van der Waals surface area contributed by atoms with E-state index in [9.17, 15) is 10.5 Å². The minimum Gasteiger partial charge on any atom is -0.309 e. The van der Waals surface area contributed by atoms with E-state index in [2.05, 4.69) is 288 Å². The summed E-state index contributed by atoms with van der Waals surface area (Å²) in [5.41, 5.74) is 24.8. The molecule has 0 N–H and O–H groups in total. The minimum atomic E-state index is -0.0802. The van der Waals surface area contributed by atoms with Crippen LogP contribution in [0.2, 0.25) is 0 Å². The molecule has 398 valence electrons. The quantitative estimate of drug-likeness (QED) is 0.152. The summed E-state index contributed by atoms with van der Waals surface area (Å²) in [5.74, 6) is 0. The van der Waals surface area contributed by atoms with Gasteiger partial charge < -0.3 is 4.57 Å². The van der Waals surface area contributed by atoms with Crippen molar-refractivity contribution in [1.29, 1.82) is 10.5 Å². The third-order valence-corrected chi connectivity index (χ3v) is 16.1. The molecule has 0 saturated heterocycles. The Balaban J connectivity index is 1.21. The van der Waals surface area contributed by atoms with Gasteiger partial charge in [0.2, 0.25) is 0 Å². The lowest BCUT2D eigenvalue weighted by Gasteiger charge is -2.25. The maximum atomic E-state index is 10.2. The average Bonchev–Trinajstić information content (AvgIpc) is 4.07. The summed E-state index contributed by atoms with van der Waals surface area (Å²) in [6.45, 7) is 27.6. The van der Waals surface area contributed by atoms with Gasteiger partial charge in [-0.05, 0) is 201 Å². The minimum absolute atomic E-state index is 0.0802. The van der Waals surface area contributed by atoms with E-state index in [1.165, 1.54) is 66.8 Å². The molecule has 11 rings (SSSR count). The number of nitrogens with zero attached hydrogens (tertiary/aromatic N) is 3. The number of hydrogen-bond donors (Lipinski definition) is 0. The summed E-state index contributed by atoms with van der Waals surface area (Å²) in [6.07, 6.45) is 0. The van der Waals surface area contributed by atoms with Gasteiger partial charge in [0.15, 0.2) is 0 Å². The highest BCUT2D eigenvalue weighted by atomic mass is 15.0. The van der Waals surface area contributed by atoms with Gasteiger partial charge in [0.1, 0.15) is 0 Å². The molecule has 0 radical (unpaired) electrons. The Morgan fingerprint density at radius 1 is 0.272 bits per heavy atom. The second kappa shape index (κ2) is 20.6. The summed E-state index contributed by atoms with van der Waals surface area (Å²) in [6, 6.07) is 82.3. The van der Waals surface area contributed by atoms with E-state index < -0.39 is 0 Å². The zero-order chi connectivity index (χ0) is 57.2. The second-order valence-electron chi connectivity index (χ2n) is 26.1. The molecule has 0 aliphatic heterocycles. The maximum Gasteiger partial charge on any atom is 0.0992 e. The van der Waals surface area contributed by atoms with E-state index in [4.69, 9.17) is 0 Å². The lowest BCUT2D eigenvalue weighted by Crippen LogP contribution is -2.13. The van der Waals surface area contributed by atoms with Crippen molar-refractivity contribution in [2.24, 2.45) is 0 Å². The van der Waals surface area contributed by atoms with Crippen molar-refractivity contribution in [1.82, 2.24) is 4.57 Å². The average molecular weight is 1050 g/mol. The summed E-state index contributed by atoms with van der Waals surface area (Å²) in [4.78, 5) is 0. The van der Waals surface area contributed by atoms with Crippen molar-refractivity contribution in [3.05, 3.63) is 246 Å². The number of nitriles is 2. The van der Waals surface area contributed by atoms with Crippen LogP contribution in [0.1, 0.15) is 116 Å². The number of para-hydroxylation sites is 1. The first-order valence-corrected chi connectivity index (χ1v) is 28.4. The highest BCUT2D eigenvalue weighted by Gasteiger charge is 2.26. The van der Waals surface area contributed by atoms with Crippen LogP contribution in [-0.2, 0) is 21.7 Å². The predicted octanol–water partition coefficient (Wildman–Crippen LogP) is 21.4. The molecule has 1 heterocycles. The van der Waals surface area contributed by atoms with Crippen LogP contribution in [0.25, 0.3) is 105 Å². The molecule has 10 aromatic carbocycles. The van der Waals surface area contributed by atoms with Gasteiger partial charge in [-0.15, -0.1) is 0 Å². The number of aromatic nitrogens is 1. The van der Waals surface area contributed by atoms with Crippen LogP contribution >= 0.6 is 0 Å². The Morgan fingerprint density at radius 3 is 0.877 bits per heavy atom. The van der Waals surface area contributed by atoms with Crippen molar-refractivity contribution < 1.29 is 0 Å². The maximum absolute atomic E-state index is 10.2. The molecule has 0 fully saturated rings. The number of hydrogen-bond acceptors (Lipinski definition) is 2. The van der Waals surface area contributed by atoms with Crippen LogP contribution in [0.5, 0.6) is 0 Å². The van der Waals surface area contributed by atoms with Crippen molar-refractivity contribution in [3.8, 4) is 95.7 Å². The Hall–Kier alpha value is -9.02. The van der Waals surface area contributed by atoms with E-state index in [1.54, 1.807) is 6.07 Å². The SMILES string of the molecule is CC(C)(C)c1ccccc1-c1cc(-c2ccc3c(c2)c2cc(-c4cc(-c5ccccc5C(C)(C)C)cc(-c5ccccc5C(C)(C)C)c4)ccc2n3-c2ccccc2-c2cc(C#N)cc(C#N)c2)cc(-c2ccccc2C(C)(C)C)c1. The second-order valence-corrected chi connectivity index (χ2v) is 26.1. The summed E-state index contributed by atoms with van der Waals surface area (Å²) in [5, 5.41) is 22.6. The first-order chi connectivity index (χ1) is 38.6. The van der Waals surface area contributed by atoms with Crippen molar-refractivity contribution in [2.75, 3.05) is 0 Å². The Bertz CT molecular complexity index is 3940. The summed E-state index contributed by atoms with van der Waals surface area (Å²) < 4.78 is 2.38. The van der Waals surface area contributed by atoms with Crippen LogP contribution in [0, 0.1) is 22.7 Å². The topological polar surface area (TPSA) is 52.5 Å². The number of fused-ring (bicyclic) bond motifs is 3. The molecule has 0 bridgehead atoms. The zero-order valence-electron chi connectivity index (χ0n) is 49.0. The molecule has 0 aliphatic carbocycles. The molecule has 3 nitrogen and oxygen atoms in total. The van der Waals surface area contributed by atoms with Gasteiger partial charge in [0.05, 0.1) is 40.0 Å². The Labute approximate surface area is 480 Å². The van der Waals surface area contributed by atoms with Crippen LogP contribution in [0.3, 0.4) is 0 Å². The van der Waals surface area contributed by atoms with Crippen LogP contribution in [0.4, 0.5) is 0 Å². The predicted molar refractivity (Wildman–Crippen MR) is 343 cm³/mol. The lowest BCUT2D eigenvalue weighted by atomic mass is 9.79. The lowest BCUT2D eigenvalue weighted by molar-refractivity contribution is 0.591. The van der Waals surface area contributed by atoms with Crippen LogP contribution < -0.4 is 0 Å². The molecule has 0 atom stereocenters. The first kappa shape index (κ1) is 54.0. The molecule has 0 amide bonds. The first-order valence-electron chi connectivity index (χ1n) is 28.4. The van der Waals surface area contributed by atoms with Gasteiger partial charge in [-0.1, -0.05) is 210 Å². The molecule has 81 heavy (non-hydrogen) atoms. The fraction of sp³-hybridized carbons (Fsp3) is 0.205. The highest BCUT2D eigenvalue weighted by molar-refractivity contribution is 6.12. The fourth-order valence-corrected chi connectivity index (χ4v) is 12.2. The molecule has 0 spiro atoms. The third kappa shape index (κ3) is 10.4. The van der Waals surface area contributed by atoms with Gasteiger partial charge in [0, 0.05) is 16.3 Å².